The number of anilines is 1. The van der Waals surface area contributed by atoms with Crippen LogP contribution in [0.5, 0.6) is 11.5 Å². The number of urea groups is 1. The monoisotopic (exact) mass is 652 g/mol. The second-order valence-electron chi connectivity index (χ2n) is 11.2. The fourth-order valence-electron chi connectivity index (χ4n) is 5.19. The number of hydrogen-bond acceptors (Lipinski definition) is 9. The van der Waals surface area contributed by atoms with Gasteiger partial charge in [-0.3, -0.25) is 0 Å². The normalized spacial score (nSPS) is 19.2. The fraction of sp³-hybridized carbons (Fsp3) is 0.257. The molecule has 1 saturated heterocycles. The SMILES string of the molecule is CC1C(CSc2nnnn2C)OC(c2ccc(CNC(=O)Nc3ccc(Oc4ccccc4)cc3)cc2)OC1c1ccc(CO)cc1. The Morgan fingerprint density at radius 1 is 0.894 bits per heavy atom. The lowest BCUT2D eigenvalue weighted by molar-refractivity contribution is -0.268. The molecular formula is C35H36N6O5S. The molecule has 242 valence electrons. The first kappa shape index (κ1) is 32.2. The molecule has 1 fully saturated rings. The van der Waals surface area contributed by atoms with Gasteiger partial charge in [0.2, 0.25) is 5.16 Å². The van der Waals surface area contributed by atoms with Crippen LogP contribution in [0.25, 0.3) is 0 Å². The number of tetrazole rings is 1. The minimum atomic E-state index is -0.601. The Hall–Kier alpha value is -4.75. The lowest BCUT2D eigenvalue weighted by atomic mass is 9.91. The molecule has 3 N–H and O–H groups in total. The lowest BCUT2D eigenvalue weighted by Gasteiger charge is -2.41. The first-order valence-electron chi connectivity index (χ1n) is 15.3. The number of ether oxygens (including phenoxy) is 3. The molecule has 12 heteroatoms. The topological polar surface area (TPSA) is 133 Å². The molecule has 11 nitrogen and oxygen atoms in total. The number of benzene rings is 4. The van der Waals surface area contributed by atoms with Crippen molar-refractivity contribution >= 4 is 23.5 Å². The highest BCUT2D eigenvalue weighted by Gasteiger charge is 2.38. The van der Waals surface area contributed by atoms with Gasteiger partial charge < -0.3 is 30.0 Å². The van der Waals surface area contributed by atoms with E-state index in [0.29, 0.717) is 28.9 Å². The third-order valence-corrected chi connectivity index (χ3v) is 8.98. The number of hydrogen-bond donors (Lipinski definition) is 3. The maximum absolute atomic E-state index is 12.6. The molecule has 2 amide bonds. The van der Waals surface area contributed by atoms with Crippen LogP contribution in [0.2, 0.25) is 0 Å². The summed E-state index contributed by atoms with van der Waals surface area (Å²) < 4.78 is 20.5. The highest BCUT2D eigenvalue weighted by Crippen LogP contribution is 2.42. The number of carbonyl (C=O) groups is 1. The molecule has 0 aliphatic carbocycles. The smallest absolute Gasteiger partial charge is 0.319 e. The zero-order chi connectivity index (χ0) is 32.6. The molecular weight excluding hydrogens is 616 g/mol. The molecule has 2 heterocycles. The lowest BCUT2D eigenvalue weighted by Crippen LogP contribution is -2.38. The number of aliphatic hydroxyl groups excluding tert-OH is 1. The second kappa shape index (κ2) is 15.2. The predicted molar refractivity (Wildman–Crippen MR) is 178 cm³/mol. The third-order valence-electron chi connectivity index (χ3n) is 7.88. The van der Waals surface area contributed by atoms with Crippen molar-refractivity contribution in [2.45, 2.75) is 43.7 Å². The number of carbonyl (C=O) groups excluding carboxylic acids is 1. The Balaban J connectivity index is 1.07. The van der Waals surface area contributed by atoms with Crippen LogP contribution in [-0.2, 0) is 29.7 Å². The van der Waals surface area contributed by atoms with Gasteiger partial charge in [-0.2, -0.15) is 0 Å². The van der Waals surface area contributed by atoms with Gasteiger partial charge in [-0.25, -0.2) is 9.48 Å². The molecule has 4 unspecified atom stereocenters. The van der Waals surface area contributed by atoms with Gasteiger partial charge in [-0.05, 0) is 63.5 Å². The van der Waals surface area contributed by atoms with Gasteiger partial charge in [0.1, 0.15) is 11.5 Å². The largest absolute Gasteiger partial charge is 0.457 e. The van der Waals surface area contributed by atoms with Crippen LogP contribution in [0, 0.1) is 5.92 Å². The highest BCUT2D eigenvalue weighted by molar-refractivity contribution is 7.99. The standard InChI is InChI=1S/C35H36N6O5S/c1-23-31(22-47-35-38-39-40-41(35)2)45-33(46-32(23)26-12-10-25(21-42)11-13-26)27-14-8-24(9-15-27)20-36-34(43)37-28-16-18-30(19-17-28)44-29-6-4-3-5-7-29/h3-19,23,31-33,42H,20-22H2,1-2H3,(H2,36,37,43). The number of aryl methyl sites for hydroxylation is 1. The molecule has 0 bridgehead atoms. The summed E-state index contributed by atoms with van der Waals surface area (Å²) in [6.07, 6.45) is -0.980. The van der Waals surface area contributed by atoms with Crippen molar-refractivity contribution in [3.8, 4) is 11.5 Å². The number of nitrogens with one attached hydrogen (secondary N) is 2. The van der Waals surface area contributed by atoms with E-state index in [9.17, 15) is 9.90 Å². The summed E-state index contributed by atoms with van der Waals surface area (Å²) in [5, 5.41) is 27.7. The molecule has 1 aromatic heterocycles. The van der Waals surface area contributed by atoms with Gasteiger partial charge in [0, 0.05) is 36.5 Å². The van der Waals surface area contributed by atoms with Crippen molar-refractivity contribution in [3.63, 3.8) is 0 Å². The van der Waals surface area contributed by atoms with E-state index in [1.165, 1.54) is 11.8 Å². The number of amides is 2. The van der Waals surface area contributed by atoms with Gasteiger partial charge in [0.15, 0.2) is 6.29 Å². The maximum Gasteiger partial charge on any atom is 0.319 e. The van der Waals surface area contributed by atoms with E-state index in [2.05, 4.69) is 33.1 Å². The molecule has 1 aliphatic heterocycles. The van der Waals surface area contributed by atoms with E-state index >= 15 is 0 Å². The molecule has 47 heavy (non-hydrogen) atoms. The van der Waals surface area contributed by atoms with Gasteiger partial charge in [-0.15, -0.1) is 5.10 Å². The summed E-state index contributed by atoms with van der Waals surface area (Å²) in [5.74, 6) is 2.10. The quantitative estimate of drug-likeness (QED) is 0.139. The van der Waals surface area contributed by atoms with Crippen LogP contribution < -0.4 is 15.4 Å². The van der Waals surface area contributed by atoms with E-state index in [4.69, 9.17) is 14.2 Å². The van der Waals surface area contributed by atoms with Crippen molar-refractivity contribution in [2.24, 2.45) is 13.0 Å². The number of thioether (sulfide) groups is 1. The van der Waals surface area contributed by atoms with E-state index in [1.54, 1.807) is 16.8 Å². The van der Waals surface area contributed by atoms with Crippen molar-refractivity contribution < 1.29 is 24.1 Å². The van der Waals surface area contributed by atoms with Crippen molar-refractivity contribution in [1.29, 1.82) is 0 Å². The predicted octanol–water partition coefficient (Wildman–Crippen LogP) is 6.40. The summed E-state index contributed by atoms with van der Waals surface area (Å²) >= 11 is 1.54. The fourth-order valence-corrected chi connectivity index (χ4v) is 6.20. The average molecular weight is 653 g/mol. The first-order valence-corrected chi connectivity index (χ1v) is 16.3. The van der Waals surface area contributed by atoms with Crippen LogP contribution in [-0.4, -0.2) is 43.2 Å². The Bertz CT molecular complexity index is 1740. The summed E-state index contributed by atoms with van der Waals surface area (Å²) in [6.45, 7) is 2.45. The Morgan fingerprint density at radius 2 is 1.57 bits per heavy atom. The minimum Gasteiger partial charge on any atom is -0.457 e. The van der Waals surface area contributed by atoms with E-state index in [-0.39, 0.29) is 30.8 Å². The summed E-state index contributed by atoms with van der Waals surface area (Å²) in [4.78, 5) is 12.6. The van der Waals surface area contributed by atoms with Crippen molar-refractivity contribution in [2.75, 3.05) is 11.1 Å². The van der Waals surface area contributed by atoms with Crippen molar-refractivity contribution in [3.05, 3.63) is 125 Å². The Kier molecular flexibility index (Phi) is 10.4. The van der Waals surface area contributed by atoms with E-state index < -0.39 is 6.29 Å². The van der Waals surface area contributed by atoms with Gasteiger partial charge >= 0.3 is 6.03 Å². The van der Waals surface area contributed by atoms with Crippen LogP contribution in [0.1, 0.15) is 41.6 Å². The molecule has 5 aromatic rings. The van der Waals surface area contributed by atoms with E-state index in [1.807, 2.05) is 98.0 Å². The molecule has 1 aliphatic rings. The second-order valence-corrected chi connectivity index (χ2v) is 12.2. The number of aromatic nitrogens is 4. The van der Waals surface area contributed by atoms with Crippen molar-refractivity contribution in [1.82, 2.24) is 25.5 Å². The summed E-state index contributed by atoms with van der Waals surface area (Å²) in [5.41, 5.74) is 4.32. The first-order chi connectivity index (χ1) is 22.9. The molecule has 0 saturated carbocycles. The maximum atomic E-state index is 12.6. The molecule has 0 radical (unpaired) electrons. The summed E-state index contributed by atoms with van der Waals surface area (Å²) in [6, 6.07) is 32.1. The Morgan fingerprint density at radius 3 is 2.26 bits per heavy atom. The average Bonchev–Trinajstić information content (AvgIpc) is 3.52. The van der Waals surface area contributed by atoms with Crippen LogP contribution >= 0.6 is 11.8 Å². The van der Waals surface area contributed by atoms with Crippen LogP contribution in [0.3, 0.4) is 0 Å². The minimum absolute atomic E-state index is 0.0152. The number of para-hydroxylation sites is 1. The van der Waals surface area contributed by atoms with Crippen LogP contribution in [0.15, 0.2) is 108 Å². The summed E-state index contributed by atoms with van der Waals surface area (Å²) in [7, 11) is 1.81. The number of aliphatic hydroxyl groups is 1. The number of rotatable bonds is 11. The van der Waals surface area contributed by atoms with Crippen LogP contribution in [0.4, 0.5) is 10.5 Å². The van der Waals surface area contributed by atoms with Gasteiger partial charge in [0.05, 0.1) is 18.8 Å². The van der Waals surface area contributed by atoms with Gasteiger partial charge in [0.25, 0.3) is 0 Å². The highest BCUT2D eigenvalue weighted by atomic mass is 32.2. The molecule has 0 spiro atoms. The molecule has 4 atom stereocenters. The Labute approximate surface area is 277 Å². The molecule has 4 aromatic carbocycles. The zero-order valence-corrected chi connectivity index (χ0v) is 26.8. The number of nitrogens with zero attached hydrogens (tertiary/aromatic N) is 4. The molecule has 6 rings (SSSR count). The third kappa shape index (κ3) is 8.35. The van der Waals surface area contributed by atoms with E-state index in [0.717, 1.165) is 28.0 Å². The van der Waals surface area contributed by atoms with Gasteiger partial charge in [-0.1, -0.05) is 85.4 Å². The zero-order valence-electron chi connectivity index (χ0n) is 26.0.